The van der Waals surface area contributed by atoms with Gasteiger partial charge in [0.25, 0.3) is 0 Å². The molecule has 0 radical (unpaired) electrons. The zero-order chi connectivity index (χ0) is 19.3. The van der Waals surface area contributed by atoms with Crippen LogP contribution in [0, 0.1) is 0 Å². The normalized spacial score (nSPS) is 17.5. The van der Waals surface area contributed by atoms with Gasteiger partial charge in [-0.25, -0.2) is 0 Å². The largest absolute Gasteiger partial charge is 0.392 e. The average Bonchev–Trinajstić information content (AvgIpc) is 3.11. The zero-order valence-electron chi connectivity index (χ0n) is 17.2. The minimum atomic E-state index is -1.19. The molecule has 0 spiro atoms. The molecule has 0 saturated heterocycles. The predicted octanol–water partition coefficient (Wildman–Crippen LogP) is 6.65. The van der Waals surface area contributed by atoms with Crippen molar-refractivity contribution in [1.82, 2.24) is 0 Å². The molecule has 3 rings (SSSR count). The molecule has 2 nitrogen and oxygen atoms in total. The highest BCUT2D eigenvalue weighted by Gasteiger charge is 2.43. The maximum atomic E-state index is 5.99. The summed E-state index contributed by atoms with van der Waals surface area (Å²) in [7, 11) is -1.19. The van der Waals surface area contributed by atoms with Crippen molar-refractivity contribution in [2.24, 2.45) is 5.16 Å². The van der Waals surface area contributed by atoms with E-state index >= 15 is 0 Å². The first-order valence-corrected chi connectivity index (χ1v) is 14.0. The van der Waals surface area contributed by atoms with E-state index in [2.05, 4.69) is 87.2 Å². The smallest absolute Gasteiger partial charge is 0.130 e. The van der Waals surface area contributed by atoms with Crippen LogP contribution in [0.15, 0.2) is 65.8 Å². The van der Waals surface area contributed by atoms with Crippen LogP contribution in [0.5, 0.6) is 0 Å². The van der Waals surface area contributed by atoms with E-state index < -0.39 is 8.07 Å². The Morgan fingerprint density at radius 1 is 0.963 bits per heavy atom. The zero-order valence-corrected chi connectivity index (χ0v) is 18.2. The number of rotatable bonds is 8. The topological polar surface area (TPSA) is 21.6 Å². The van der Waals surface area contributed by atoms with Crippen LogP contribution in [0.1, 0.15) is 43.7 Å². The summed E-state index contributed by atoms with van der Waals surface area (Å²) in [4.78, 5) is 5.99. The Labute approximate surface area is 165 Å². The Balaban J connectivity index is 2.04. The average molecular weight is 380 g/mol. The van der Waals surface area contributed by atoms with Gasteiger partial charge in [-0.3, -0.25) is 0 Å². The van der Waals surface area contributed by atoms with E-state index in [4.69, 9.17) is 9.99 Å². The van der Waals surface area contributed by atoms with E-state index in [0.29, 0.717) is 0 Å². The molecule has 0 aliphatic carbocycles. The molecule has 0 fully saturated rings. The van der Waals surface area contributed by atoms with Gasteiger partial charge in [-0.2, -0.15) is 0 Å². The van der Waals surface area contributed by atoms with E-state index in [0.717, 1.165) is 18.9 Å². The highest BCUT2D eigenvalue weighted by molar-refractivity contribution is 6.76. The highest BCUT2D eigenvalue weighted by Crippen LogP contribution is 2.42. The molecular weight excluding hydrogens is 346 g/mol. The summed E-state index contributed by atoms with van der Waals surface area (Å²) in [5.41, 5.74) is 3.69. The molecule has 0 saturated carbocycles. The fourth-order valence-corrected chi connectivity index (χ4v) is 5.88. The van der Waals surface area contributed by atoms with Gasteiger partial charge in [0.05, 0.1) is 11.1 Å². The lowest BCUT2D eigenvalue weighted by atomic mass is 9.67. The summed E-state index contributed by atoms with van der Waals surface area (Å²) in [5, 5.41) is 4.72. The van der Waals surface area contributed by atoms with Gasteiger partial charge in [0, 0.05) is 14.5 Å². The summed E-state index contributed by atoms with van der Waals surface area (Å²) in [6.07, 6.45) is 4.59. The van der Waals surface area contributed by atoms with Crippen molar-refractivity contribution < 1.29 is 4.84 Å². The highest BCUT2D eigenvalue weighted by atomic mass is 28.3. The Morgan fingerprint density at radius 3 is 2.00 bits per heavy atom. The number of nitrogens with zero attached hydrogens (tertiary/aromatic N) is 1. The lowest BCUT2D eigenvalue weighted by molar-refractivity contribution is 0.0984. The number of hydrogen-bond acceptors (Lipinski definition) is 2. The summed E-state index contributed by atoms with van der Waals surface area (Å²) in [6, 6.07) is 23.0. The number of benzene rings is 2. The van der Waals surface area contributed by atoms with Crippen LogP contribution in [-0.4, -0.2) is 19.9 Å². The second kappa shape index (κ2) is 8.43. The van der Waals surface area contributed by atoms with Crippen LogP contribution in [0.4, 0.5) is 0 Å². The van der Waals surface area contributed by atoms with E-state index in [1.165, 1.54) is 29.7 Å². The molecule has 144 valence electrons. The molecule has 1 aliphatic heterocycles. The van der Waals surface area contributed by atoms with Crippen LogP contribution in [0.25, 0.3) is 0 Å². The minimum absolute atomic E-state index is 0.188. The monoisotopic (exact) mass is 379 g/mol. The van der Waals surface area contributed by atoms with Crippen LogP contribution >= 0.6 is 0 Å². The summed E-state index contributed by atoms with van der Waals surface area (Å²) >= 11 is 0. The number of hydrogen-bond donors (Lipinski definition) is 0. The lowest BCUT2D eigenvalue weighted by Gasteiger charge is -2.35. The van der Waals surface area contributed by atoms with Gasteiger partial charge in [0.2, 0.25) is 0 Å². The molecule has 27 heavy (non-hydrogen) atoms. The Hall–Kier alpha value is -1.87. The first kappa shape index (κ1) is 19.9. The standard InChI is InChI=1S/C24H33NOSi/c1-5-6-17-24(20-13-9-7-10-14-20,21-15-11-8-12-16-21)23-18-22(26-25-23)19-27(2,3)4/h7-16,22H,5-6,17-19H2,1-4H3. The molecule has 1 heterocycles. The molecule has 3 heteroatoms. The van der Waals surface area contributed by atoms with Crippen molar-refractivity contribution in [3.63, 3.8) is 0 Å². The fraction of sp³-hybridized carbons (Fsp3) is 0.458. The third-order valence-corrected chi connectivity index (χ3v) is 7.18. The molecule has 2 aromatic carbocycles. The molecule has 1 atom stereocenters. The number of unbranched alkanes of at least 4 members (excludes halogenated alkanes) is 1. The van der Waals surface area contributed by atoms with Crippen molar-refractivity contribution >= 4 is 13.8 Å². The van der Waals surface area contributed by atoms with Gasteiger partial charge < -0.3 is 4.84 Å². The Kier molecular flexibility index (Phi) is 6.21. The third kappa shape index (κ3) is 4.52. The molecule has 0 amide bonds. The van der Waals surface area contributed by atoms with Crippen molar-refractivity contribution in [2.75, 3.05) is 0 Å². The van der Waals surface area contributed by atoms with E-state index in [1.807, 2.05) is 0 Å². The van der Waals surface area contributed by atoms with Crippen LogP contribution in [-0.2, 0) is 10.3 Å². The fourth-order valence-electron chi connectivity index (χ4n) is 4.29. The van der Waals surface area contributed by atoms with Crippen molar-refractivity contribution in [1.29, 1.82) is 0 Å². The first-order valence-electron chi connectivity index (χ1n) is 10.3. The Bertz CT molecular complexity index is 709. The SMILES string of the molecule is CCCCC(C1=NOC(C[Si](C)(C)C)C1)(c1ccccc1)c1ccccc1. The van der Waals surface area contributed by atoms with Gasteiger partial charge in [-0.1, -0.05) is 105 Å². The molecule has 0 aromatic heterocycles. The summed E-state index contributed by atoms with van der Waals surface area (Å²) < 4.78 is 0. The molecule has 0 N–H and O–H groups in total. The van der Waals surface area contributed by atoms with Crippen LogP contribution < -0.4 is 0 Å². The molecule has 2 aromatic rings. The van der Waals surface area contributed by atoms with Gasteiger partial charge in [0.1, 0.15) is 6.10 Å². The molecular formula is C24H33NOSi. The van der Waals surface area contributed by atoms with Gasteiger partial charge in [0.15, 0.2) is 0 Å². The Morgan fingerprint density at radius 2 is 1.52 bits per heavy atom. The third-order valence-electron chi connectivity index (χ3n) is 5.50. The second-order valence-electron chi connectivity index (χ2n) is 8.98. The van der Waals surface area contributed by atoms with E-state index in [9.17, 15) is 0 Å². The maximum Gasteiger partial charge on any atom is 0.130 e. The van der Waals surface area contributed by atoms with E-state index in [1.54, 1.807) is 0 Å². The predicted molar refractivity (Wildman–Crippen MR) is 118 cm³/mol. The summed E-state index contributed by atoms with van der Waals surface area (Å²) in [6.45, 7) is 9.49. The lowest BCUT2D eigenvalue weighted by Crippen LogP contribution is -2.38. The van der Waals surface area contributed by atoms with E-state index in [-0.39, 0.29) is 11.5 Å². The molecule has 1 aliphatic rings. The number of oxime groups is 1. The quantitative estimate of drug-likeness (QED) is 0.471. The maximum absolute atomic E-state index is 5.99. The van der Waals surface area contributed by atoms with Gasteiger partial charge in [-0.15, -0.1) is 0 Å². The van der Waals surface area contributed by atoms with Crippen LogP contribution in [0.2, 0.25) is 25.7 Å². The summed E-state index contributed by atoms with van der Waals surface area (Å²) in [5.74, 6) is 0. The van der Waals surface area contributed by atoms with Crippen molar-refractivity contribution in [3.8, 4) is 0 Å². The van der Waals surface area contributed by atoms with Gasteiger partial charge in [-0.05, 0) is 23.6 Å². The molecule has 1 unspecified atom stereocenters. The second-order valence-corrected chi connectivity index (χ2v) is 14.5. The van der Waals surface area contributed by atoms with Crippen molar-refractivity contribution in [2.45, 2.75) is 69.8 Å². The van der Waals surface area contributed by atoms with Crippen LogP contribution in [0.3, 0.4) is 0 Å². The van der Waals surface area contributed by atoms with Gasteiger partial charge >= 0.3 is 0 Å². The first-order chi connectivity index (χ1) is 13.0. The molecule has 0 bridgehead atoms. The van der Waals surface area contributed by atoms with Crippen molar-refractivity contribution in [3.05, 3.63) is 71.8 Å². The minimum Gasteiger partial charge on any atom is -0.392 e.